The molecule has 0 aliphatic carbocycles. The van der Waals surface area contributed by atoms with Crippen LogP contribution in [0.4, 0.5) is 5.69 Å². The number of benzene rings is 1. The van der Waals surface area contributed by atoms with Crippen LogP contribution in [0, 0.1) is 0 Å². The fourth-order valence-electron chi connectivity index (χ4n) is 1.97. The second kappa shape index (κ2) is 5.72. The molecule has 1 aromatic carbocycles. The minimum Gasteiger partial charge on any atom is -0.443 e. The smallest absolute Gasteiger partial charge is 0.367 e. The van der Waals surface area contributed by atoms with Crippen molar-refractivity contribution in [2.24, 2.45) is 0 Å². The SMILES string of the molecule is CN(C)c1cccc(-c2ocnc2C(=O)Oc2cc[nH]n2)c1. The van der Waals surface area contributed by atoms with Crippen LogP contribution in [0.15, 0.2) is 47.3 Å². The third-order valence-corrected chi connectivity index (χ3v) is 3.06. The summed E-state index contributed by atoms with van der Waals surface area (Å²) in [6.07, 6.45) is 2.78. The molecule has 22 heavy (non-hydrogen) atoms. The highest BCUT2D eigenvalue weighted by Gasteiger charge is 2.21. The van der Waals surface area contributed by atoms with Gasteiger partial charge in [-0.05, 0) is 12.1 Å². The van der Waals surface area contributed by atoms with Gasteiger partial charge in [0.2, 0.25) is 5.88 Å². The second-order valence-corrected chi connectivity index (χ2v) is 4.78. The van der Waals surface area contributed by atoms with Crippen molar-refractivity contribution in [1.82, 2.24) is 15.2 Å². The number of nitrogens with one attached hydrogen (secondary N) is 1. The van der Waals surface area contributed by atoms with Crippen molar-refractivity contribution in [3.8, 4) is 17.2 Å². The van der Waals surface area contributed by atoms with Gasteiger partial charge in [-0.25, -0.2) is 9.78 Å². The molecule has 112 valence electrons. The van der Waals surface area contributed by atoms with Gasteiger partial charge in [0.1, 0.15) is 0 Å². The first-order chi connectivity index (χ1) is 10.6. The molecule has 0 bridgehead atoms. The first-order valence-corrected chi connectivity index (χ1v) is 6.58. The van der Waals surface area contributed by atoms with E-state index in [4.69, 9.17) is 9.15 Å². The number of carbonyl (C=O) groups excluding carboxylic acids is 1. The molecular formula is C15H14N4O3. The number of H-pyrrole nitrogens is 1. The fourth-order valence-corrected chi connectivity index (χ4v) is 1.97. The van der Waals surface area contributed by atoms with Crippen molar-refractivity contribution >= 4 is 11.7 Å². The fraction of sp³-hybridized carbons (Fsp3) is 0.133. The van der Waals surface area contributed by atoms with Gasteiger partial charge in [0.05, 0.1) is 0 Å². The first-order valence-electron chi connectivity index (χ1n) is 6.58. The van der Waals surface area contributed by atoms with Gasteiger partial charge in [0, 0.05) is 37.6 Å². The number of hydrogen-bond acceptors (Lipinski definition) is 6. The molecule has 0 aliphatic heterocycles. The lowest BCUT2D eigenvalue weighted by Crippen LogP contribution is -2.11. The van der Waals surface area contributed by atoms with Gasteiger partial charge in [-0.15, -0.1) is 5.10 Å². The zero-order valence-electron chi connectivity index (χ0n) is 12.1. The standard InChI is InChI=1S/C15H14N4O3/c1-19(2)11-5-3-4-10(8-11)14-13(16-9-21-14)15(20)22-12-6-7-17-18-12/h3-9H,1-2H3,(H,17,18). The number of esters is 1. The average molecular weight is 298 g/mol. The van der Waals surface area contributed by atoms with Crippen LogP contribution >= 0.6 is 0 Å². The van der Waals surface area contributed by atoms with Gasteiger partial charge in [-0.3, -0.25) is 5.10 Å². The molecule has 0 aliphatic rings. The van der Waals surface area contributed by atoms with Crippen LogP contribution in [0.1, 0.15) is 10.5 Å². The Morgan fingerprint density at radius 1 is 1.32 bits per heavy atom. The Labute approximate surface area is 126 Å². The zero-order valence-corrected chi connectivity index (χ0v) is 12.1. The monoisotopic (exact) mass is 298 g/mol. The number of aromatic nitrogens is 3. The van der Waals surface area contributed by atoms with Gasteiger partial charge >= 0.3 is 5.97 Å². The van der Waals surface area contributed by atoms with Crippen LogP contribution in [0.5, 0.6) is 5.88 Å². The topological polar surface area (TPSA) is 84.3 Å². The summed E-state index contributed by atoms with van der Waals surface area (Å²) in [6.45, 7) is 0. The maximum Gasteiger partial charge on any atom is 0.367 e. The summed E-state index contributed by atoms with van der Waals surface area (Å²) in [5.74, 6) is -0.0728. The van der Waals surface area contributed by atoms with E-state index < -0.39 is 5.97 Å². The summed E-state index contributed by atoms with van der Waals surface area (Å²) in [4.78, 5) is 18.1. The summed E-state index contributed by atoms with van der Waals surface area (Å²) in [7, 11) is 3.87. The molecule has 0 saturated heterocycles. The Hall–Kier alpha value is -3.09. The Morgan fingerprint density at radius 2 is 2.18 bits per heavy atom. The number of carbonyl (C=O) groups is 1. The molecule has 0 atom stereocenters. The van der Waals surface area contributed by atoms with E-state index in [9.17, 15) is 4.79 Å². The van der Waals surface area contributed by atoms with Crippen LogP contribution < -0.4 is 9.64 Å². The Bertz CT molecular complexity index is 778. The van der Waals surface area contributed by atoms with Crippen molar-refractivity contribution < 1.29 is 13.9 Å². The Kier molecular flexibility index (Phi) is 3.61. The summed E-state index contributed by atoms with van der Waals surface area (Å²) in [5.41, 5.74) is 1.84. The lowest BCUT2D eigenvalue weighted by atomic mass is 10.1. The third-order valence-electron chi connectivity index (χ3n) is 3.06. The highest BCUT2D eigenvalue weighted by molar-refractivity contribution is 5.95. The average Bonchev–Trinajstić information content (AvgIpc) is 3.18. The molecule has 0 spiro atoms. The maximum absolute atomic E-state index is 12.2. The van der Waals surface area contributed by atoms with Crippen molar-refractivity contribution in [2.75, 3.05) is 19.0 Å². The minimum atomic E-state index is -0.619. The van der Waals surface area contributed by atoms with E-state index in [0.717, 1.165) is 11.3 Å². The van der Waals surface area contributed by atoms with E-state index in [1.165, 1.54) is 6.39 Å². The number of aromatic amines is 1. The normalized spacial score (nSPS) is 10.5. The van der Waals surface area contributed by atoms with Crippen molar-refractivity contribution in [2.45, 2.75) is 0 Å². The van der Waals surface area contributed by atoms with Crippen LogP contribution in [0.25, 0.3) is 11.3 Å². The number of ether oxygens (including phenoxy) is 1. The number of anilines is 1. The minimum absolute atomic E-state index is 0.110. The molecule has 0 saturated carbocycles. The predicted octanol–water partition coefficient (Wildman–Crippen LogP) is 2.35. The van der Waals surface area contributed by atoms with E-state index in [0.29, 0.717) is 5.76 Å². The summed E-state index contributed by atoms with van der Waals surface area (Å²) >= 11 is 0. The van der Waals surface area contributed by atoms with Crippen LogP contribution in [-0.2, 0) is 0 Å². The van der Waals surface area contributed by atoms with E-state index in [-0.39, 0.29) is 11.6 Å². The van der Waals surface area contributed by atoms with Crippen LogP contribution in [0.2, 0.25) is 0 Å². The van der Waals surface area contributed by atoms with Crippen LogP contribution in [-0.4, -0.2) is 35.2 Å². The lowest BCUT2D eigenvalue weighted by Gasteiger charge is -2.12. The molecule has 7 heteroatoms. The molecule has 7 nitrogen and oxygen atoms in total. The summed E-state index contributed by atoms with van der Waals surface area (Å²) < 4.78 is 10.5. The molecule has 0 fully saturated rings. The lowest BCUT2D eigenvalue weighted by molar-refractivity contribution is 0.0722. The van der Waals surface area contributed by atoms with Crippen molar-refractivity contribution in [3.05, 3.63) is 48.6 Å². The van der Waals surface area contributed by atoms with Gasteiger partial charge < -0.3 is 14.1 Å². The second-order valence-electron chi connectivity index (χ2n) is 4.78. The summed E-state index contributed by atoms with van der Waals surface area (Å²) in [5, 5.41) is 6.34. The number of hydrogen-bond donors (Lipinski definition) is 1. The van der Waals surface area contributed by atoms with E-state index >= 15 is 0 Å². The number of nitrogens with zero attached hydrogens (tertiary/aromatic N) is 3. The first kappa shape index (κ1) is 13.9. The van der Waals surface area contributed by atoms with E-state index in [1.807, 2.05) is 43.3 Å². The van der Waals surface area contributed by atoms with E-state index in [2.05, 4.69) is 15.2 Å². The molecule has 0 amide bonds. The number of rotatable bonds is 4. The molecule has 3 rings (SSSR count). The van der Waals surface area contributed by atoms with Crippen LogP contribution in [0.3, 0.4) is 0 Å². The molecule has 1 N–H and O–H groups in total. The quantitative estimate of drug-likeness (QED) is 0.744. The molecule has 3 aromatic rings. The maximum atomic E-state index is 12.2. The third kappa shape index (κ3) is 2.69. The predicted molar refractivity (Wildman–Crippen MR) is 79.8 cm³/mol. The summed E-state index contributed by atoms with van der Waals surface area (Å²) in [6, 6.07) is 9.15. The molecule has 0 radical (unpaired) electrons. The van der Waals surface area contributed by atoms with Gasteiger partial charge in [0.25, 0.3) is 0 Å². The zero-order chi connectivity index (χ0) is 15.5. The number of oxazole rings is 1. The largest absolute Gasteiger partial charge is 0.443 e. The Balaban J connectivity index is 1.92. The molecule has 0 unspecified atom stereocenters. The molecule has 2 aromatic heterocycles. The Morgan fingerprint density at radius 3 is 2.91 bits per heavy atom. The highest BCUT2D eigenvalue weighted by atomic mass is 16.5. The van der Waals surface area contributed by atoms with Crippen molar-refractivity contribution in [3.63, 3.8) is 0 Å². The highest BCUT2D eigenvalue weighted by Crippen LogP contribution is 2.27. The molecular weight excluding hydrogens is 284 g/mol. The van der Waals surface area contributed by atoms with Crippen molar-refractivity contribution in [1.29, 1.82) is 0 Å². The van der Waals surface area contributed by atoms with Gasteiger partial charge in [0.15, 0.2) is 17.8 Å². The van der Waals surface area contributed by atoms with E-state index in [1.54, 1.807) is 12.3 Å². The molecule has 2 heterocycles. The van der Waals surface area contributed by atoms with Gasteiger partial charge in [-0.2, -0.15) is 0 Å². The van der Waals surface area contributed by atoms with Gasteiger partial charge in [-0.1, -0.05) is 12.1 Å².